The maximum absolute atomic E-state index is 11.4. The number of ether oxygens (including phenoxy) is 1. The predicted molar refractivity (Wildman–Crippen MR) is 72.9 cm³/mol. The van der Waals surface area contributed by atoms with E-state index in [0.29, 0.717) is 6.61 Å². The van der Waals surface area contributed by atoms with Gasteiger partial charge in [0.05, 0.1) is 24.9 Å². The summed E-state index contributed by atoms with van der Waals surface area (Å²) in [6.45, 7) is 3.63. The van der Waals surface area contributed by atoms with E-state index < -0.39 is 21.2 Å². The number of benzene rings is 1. The summed E-state index contributed by atoms with van der Waals surface area (Å²) >= 11 is 0. The molecule has 1 amide bonds. The van der Waals surface area contributed by atoms with Gasteiger partial charge in [-0.1, -0.05) is 30.3 Å². The molecular formula is C13H19NO4S. The second kappa shape index (κ2) is 7.25. The van der Waals surface area contributed by atoms with Crippen LogP contribution in [-0.4, -0.2) is 26.2 Å². The summed E-state index contributed by atoms with van der Waals surface area (Å²) in [6, 6.07) is 9.56. The predicted octanol–water partition coefficient (Wildman–Crippen LogP) is 1.45. The minimum Gasteiger partial charge on any atom is -0.376 e. The highest BCUT2D eigenvalue weighted by Crippen LogP contribution is 2.01. The zero-order valence-electron chi connectivity index (χ0n) is 11.1. The highest BCUT2D eigenvalue weighted by molar-refractivity contribution is 7.90. The van der Waals surface area contributed by atoms with Gasteiger partial charge < -0.3 is 4.74 Å². The average molecular weight is 285 g/mol. The Bertz CT molecular complexity index is 497. The van der Waals surface area contributed by atoms with Gasteiger partial charge in [0.25, 0.3) is 0 Å². The first kappa shape index (κ1) is 15.7. The molecule has 0 aliphatic heterocycles. The van der Waals surface area contributed by atoms with Gasteiger partial charge in [0.15, 0.2) is 0 Å². The number of hydrogen-bond acceptors (Lipinski definition) is 4. The molecule has 1 aromatic carbocycles. The highest BCUT2D eigenvalue weighted by atomic mass is 32.2. The van der Waals surface area contributed by atoms with Crippen LogP contribution >= 0.6 is 0 Å². The number of amides is 1. The van der Waals surface area contributed by atoms with Crippen LogP contribution in [0.1, 0.15) is 25.8 Å². The van der Waals surface area contributed by atoms with Crippen molar-refractivity contribution < 1.29 is 17.9 Å². The third-order valence-electron chi connectivity index (χ3n) is 2.46. The van der Waals surface area contributed by atoms with Gasteiger partial charge in [0.1, 0.15) is 0 Å². The van der Waals surface area contributed by atoms with Crippen molar-refractivity contribution in [3.05, 3.63) is 35.9 Å². The highest BCUT2D eigenvalue weighted by Gasteiger charge is 2.18. The molecule has 0 bridgehead atoms. The zero-order valence-corrected chi connectivity index (χ0v) is 11.9. The van der Waals surface area contributed by atoms with Gasteiger partial charge in [0, 0.05) is 0 Å². The lowest BCUT2D eigenvalue weighted by atomic mass is 10.2. The molecule has 0 heterocycles. The Morgan fingerprint density at radius 1 is 1.26 bits per heavy atom. The summed E-state index contributed by atoms with van der Waals surface area (Å²) in [5, 5.41) is -0.623. The molecule has 0 saturated heterocycles. The number of hydrogen-bond donors (Lipinski definition) is 1. The molecule has 0 aromatic heterocycles. The van der Waals surface area contributed by atoms with Crippen molar-refractivity contribution in [1.82, 2.24) is 4.72 Å². The largest absolute Gasteiger partial charge is 0.376 e. The summed E-state index contributed by atoms with van der Waals surface area (Å²) in [4.78, 5) is 11.4. The van der Waals surface area contributed by atoms with Crippen molar-refractivity contribution in [2.75, 3.05) is 6.61 Å². The fraction of sp³-hybridized carbons (Fsp3) is 0.462. The van der Waals surface area contributed by atoms with Gasteiger partial charge in [-0.05, 0) is 19.4 Å². The Balaban J connectivity index is 2.25. The van der Waals surface area contributed by atoms with Crippen LogP contribution < -0.4 is 4.72 Å². The van der Waals surface area contributed by atoms with E-state index in [4.69, 9.17) is 4.74 Å². The Labute approximate surface area is 114 Å². The third-order valence-corrected chi connectivity index (χ3v) is 4.22. The quantitative estimate of drug-likeness (QED) is 0.770. The summed E-state index contributed by atoms with van der Waals surface area (Å²) in [5.41, 5.74) is 1.01. The number of rotatable bonds is 7. The van der Waals surface area contributed by atoms with Crippen LogP contribution in [0.3, 0.4) is 0 Å². The summed E-state index contributed by atoms with van der Waals surface area (Å²) < 4.78 is 30.2. The Hall–Kier alpha value is -1.40. The van der Waals surface area contributed by atoms with E-state index in [1.54, 1.807) is 0 Å². The van der Waals surface area contributed by atoms with Crippen molar-refractivity contribution in [2.24, 2.45) is 0 Å². The molecule has 1 rings (SSSR count). The Morgan fingerprint density at radius 3 is 2.47 bits per heavy atom. The summed E-state index contributed by atoms with van der Waals surface area (Å²) in [5.74, 6) is -0.540. The molecular weight excluding hydrogens is 266 g/mol. The molecule has 0 unspecified atom stereocenters. The van der Waals surface area contributed by atoms with Crippen molar-refractivity contribution in [1.29, 1.82) is 0 Å². The van der Waals surface area contributed by atoms with Crippen molar-refractivity contribution in [2.45, 2.75) is 32.1 Å². The molecule has 0 atom stereocenters. The second-order valence-corrected chi connectivity index (χ2v) is 6.64. The molecule has 0 aliphatic rings. The van der Waals surface area contributed by atoms with Gasteiger partial charge in [-0.3, -0.25) is 9.52 Å². The van der Waals surface area contributed by atoms with Crippen molar-refractivity contribution in [3.63, 3.8) is 0 Å². The van der Waals surface area contributed by atoms with E-state index in [1.165, 1.54) is 13.8 Å². The van der Waals surface area contributed by atoms with Crippen LogP contribution in [0.15, 0.2) is 30.3 Å². The summed E-state index contributed by atoms with van der Waals surface area (Å²) in [7, 11) is -3.54. The van der Waals surface area contributed by atoms with Crippen molar-refractivity contribution in [3.8, 4) is 0 Å². The first-order valence-corrected chi connectivity index (χ1v) is 7.62. The van der Waals surface area contributed by atoms with E-state index >= 15 is 0 Å². The number of carbonyl (C=O) groups is 1. The molecule has 19 heavy (non-hydrogen) atoms. The lowest BCUT2D eigenvalue weighted by molar-refractivity contribution is -0.120. The topological polar surface area (TPSA) is 72.5 Å². The Kier molecular flexibility index (Phi) is 5.98. The van der Waals surface area contributed by atoms with E-state index in [0.717, 1.165) is 5.56 Å². The Morgan fingerprint density at radius 2 is 1.89 bits per heavy atom. The van der Waals surface area contributed by atoms with E-state index in [-0.39, 0.29) is 13.0 Å². The minimum atomic E-state index is -3.54. The van der Waals surface area contributed by atoms with Gasteiger partial charge in [-0.2, -0.15) is 0 Å². The molecule has 0 saturated carbocycles. The molecule has 1 aromatic rings. The van der Waals surface area contributed by atoms with E-state index in [9.17, 15) is 13.2 Å². The van der Waals surface area contributed by atoms with Crippen LogP contribution in [0, 0.1) is 0 Å². The molecule has 6 heteroatoms. The van der Waals surface area contributed by atoms with Crippen LogP contribution in [-0.2, 0) is 26.2 Å². The van der Waals surface area contributed by atoms with Gasteiger partial charge in [0.2, 0.25) is 15.9 Å². The van der Waals surface area contributed by atoms with Crippen LogP contribution in [0.2, 0.25) is 0 Å². The number of sulfonamides is 1. The first-order valence-electron chi connectivity index (χ1n) is 6.08. The summed E-state index contributed by atoms with van der Waals surface area (Å²) in [6.07, 6.45) is 0.0266. The maximum atomic E-state index is 11.4. The zero-order chi connectivity index (χ0) is 14.3. The maximum Gasteiger partial charge on any atom is 0.237 e. The first-order chi connectivity index (χ1) is 8.92. The lowest BCUT2D eigenvalue weighted by Gasteiger charge is -2.09. The van der Waals surface area contributed by atoms with Gasteiger partial charge in [-0.15, -0.1) is 0 Å². The third kappa shape index (κ3) is 5.85. The smallest absolute Gasteiger partial charge is 0.237 e. The van der Waals surface area contributed by atoms with E-state index in [2.05, 4.69) is 0 Å². The standard InChI is InChI=1S/C13H19NO4S/c1-11(2)19(16,17)14-13(15)8-9-18-10-12-6-4-3-5-7-12/h3-7,11H,8-10H2,1-2H3,(H,14,15). The molecule has 0 aliphatic carbocycles. The van der Waals surface area contributed by atoms with Crippen LogP contribution in [0.5, 0.6) is 0 Å². The lowest BCUT2D eigenvalue weighted by Crippen LogP contribution is -2.36. The average Bonchev–Trinajstić information content (AvgIpc) is 2.35. The SMILES string of the molecule is CC(C)S(=O)(=O)NC(=O)CCOCc1ccccc1. The minimum absolute atomic E-state index is 0.0266. The van der Waals surface area contributed by atoms with Crippen molar-refractivity contribution >= 4 is 15.9 Å². The molecule has 1 N–H and O–H groups in total. The molecule has 0 radical (unpaired) electrons. The monoisotopic (exact) mass is 285 g/mol. The van der Waals surface area contributed by atoms with Crippen LogP contribution in [0.4, 0.5) is 0 Å². The fourth-order valence-electron chi connectivity index (χ4n) is 1.26. The van der Waals surface area contributed by atoms with Gasteiger partial charge >= 0.3 is 0 Å². The second-order valence-electron chi connectivity index (χ2n) is 4.41. The number of nitrogens with one attached hydrogen (secondary N) is 1. The molecule has 5 nitrogen and oxygen atoms in total. The van der Waals surface area contributed by atoms with Crippen LogP contribution in [0.25, 0.3) is 0 Å². The molecule has 0 spiro atoms. The normalized spacial score (nSPS) is 11.5. The molecule has 106 valence electrons. The fourth-order valence-corrected chi connectivity index (χ4v) is 1.91. The van der Waals surface area contributed by atoms with Gasteiger partial charge in [-0.25, -0.2) is 8.42 Å². The number of carbonyl (C=O) groups excluding carboxylic acids is 1. The molecule has 0 fully saturated rings. The van der Waals surface area contributed by atoms with E-state index in [1.807, 2.05) is 35.1 Å².